The van der Waals surface area contributed by atoms with Crippen LogP contribution in [0.1, 0.15) is 41.8 Å². The van der Waals surface area contributed by atoms with E-state index in [4.69, 9.17) is 4.74 Å². The van der Waals surface area contributed by atoms with Gasteiger partial charge in [-0.2, -0.15) is 0 Å². The van der Waals surface area contributed by atoms with Gasteiger partial charge in [0.1, 0.15) is 0 Å². The zero-order chi connectivity index (χ0) is 18.2. The minimum Gasteiger partial charge on any atom is -0.449 e. The lowest BCUT2D eigenvalue weighted by Gasteiger charge is -2.18. The van der Waals surface area contributed by atoms with Crippen LogP contribution in [0.15, 0.2) is 54.6 Å². The lowest BCUT2D eigenvalue weighted by Crippen LogP contribution is -2.41. The van der Waals surface area contributed by atoms with Gasteiger partial charge in [-0.15, -0.1) is 0 Å². The van der Waals surface area contributed by atoms with E-state index in [0.29, 0.717) is 5.56 Å². The first-order valence-corrected chi connectivity index (χ1v) is 8.58. The molecule has 0 saturated heterocycles. The van der Waals surface area contributed by atoms with Crippen LogP contribution in [0, 0.1) is 6.92 Å². The molecule has 0 radical (unpaired) electrons. The zero-order valence-electron chi connectivity index (χ0n) is 15.0. The summed E-state index contributed by atoms with van der Waals surface area (Å²) in [5.74, 6) is -0.750. The predicted molar refractivity (Wildman–Crippen MR) is 98.4 cm³/mol. The minimum absolute atomic E-state index is 0.00678. The monoisotopic (exact) mass is 339 g/mol. The normalized spacial score (nSPS) is 12.9. The highest BCUT2D eigenvalue weighted by molar-refractivity contribution is 5.93. The molecule has 0 fully saturated rings. The van der Waals surface area contributed by atoms with Gasteiger partial charge in [0.05, 0.1) is 5.56 Å². The number of benzene rings is 2. The molecule has 2 rings (SSSR count). The maximum Gasteiger partial charge on any atom is 0.339 e. The number of nitrogens with one attached hydrogen (secondary N) is 1. The Bertz CT molecular complexity index is 712. The van der Waals surface area contributed by atoms with Crippen LogP contribution in [-0.4, -0.2) is 24.0 Å². The van der Waals surface area contributed by atoms with E-state index in [-0.39, 0.29) is 11.9 Å². The Morgan fingerprint density at radius 1 is 1.00 bits per heavy atom. The number of hydrogen-bond acceptors (Lipinski definition) is 3. The van der Waals surface area contributed by atoms with Crippen LogP contribution >= 0.6 is 0 Å². The topological polar surface area (TPSA) is 55.4 Å². The summed E-state index contributed by atoms with van der Waals surface area (Å²) in [5.41, 5.74) is 2.55. The van der Waals surface area contributed by atoms with Crippen molar-refractivity contribution >= 4 is 11.9 Å². The fourth-order valence-electron chi connectivity index (χ4n) is 2.54. The molecule has 25 heavy (non-hydrogen) atoms. The second-order valence-electron chi connectivity index (χ2n) is 6.30. The Balaban J connectivity index is 1.81. The molecule has 4 heteroatoms. The first kappa shape index (κ1) is 18.7. The van der Waals surface area contributed by atoms with Gasteiger partial charge < -0.3 is 10.1 Å². The van der Waals surface area contributed by atoms with Crippen molar-refractivity contribution in [2.45, 2.75) is 45.8 Å². The second-order valence-corrected chi connectivity index (χ2v) is 6.30. The van der Waals surface area contributed by atoms with E-state index in [1.807, 2.05) is 44.2 Å². The Labute approximate surface area is 149 Å². The average molecular weight is 339 g/mol. The quantitative estimate of drug-likeness (QED) is 0.783. The van der Waals surface area contributed by atoms with Gasteiger partial charge in [-0.05, 0) is 50.8 Å². The smallest absolute Gasteiger partial charge is 0.339 e. The number of hydrogen-bond donors (Lipinski definition) is 1. The maximum absolute atomic E-state index is 12.2. The van der Waals surface area contributed by atoms with Crippen LogP contribution in [0.4, 0.5) is 0 Å². The zero-order valence-corrected chi connectivity index (χ0v) is 15.0. The van der Waals surface area contributed by atoms with E-state index in [1.54, 1.807) is 19.1 Å². The Hall–Kier alpha value is -2.62. The molecule has 0 aromatic heterocycles. The van der Waals surface area contributed by atoms with Crippen LogP contribution in [0.2, 0.25) is 0 Å². The van der Waals surface area contributed by atoms with Crippen molar-refractivity contribution in [2.24, 2.45) is 0 Å². The molecule has 0 aliphatic rings. The van der Waals surface area contributed by atoms with Crippen molar-refractivity contribution in [3.8, 4) is 0 Å². The summed E-state index contributed by atoms with van der Waals surface area (Å²) in [4.78, 5) is 24.4. The number of esters is 1. The van der Waals surface area contributed by atoms with E-state index < -0.39 is 12.1 Å². The maximum atomic E-state index is 12.2. The third-order valence-corrected chi connectivity index (χ3v) is 4.12. The molecule has 0 heterocycles. The third kappa shape index (κ3) is 5.75. The first-order valence-electron chi connectivity index (χ1n) is 8.58. The lowest BCUT2D eigenvalue weighted by atomic mass is 10.1. The number of carbonyl (C=O) groups is 2. The molecule has 0 aliphatic carbocycles. The van der Waals surface area contributed by atoms with Crippen molar-refractivity contribution in [3.05, 3.63) is 71.3 Å². The van der Waals surface area contributed by atoms with Crippen LogP contribution in [0.3, 0.4) is 0 Å². The number of amides is 1. The summed E-state index contributed by atoms with van der Waals surface area (Å²) >= 11 is 0. The van der Waals surface area contributed by atoms with Gasteiger partial charge in [0, 0.05) is 6.04 Å². The number of carbonyl (C=O) groups excluding carboxylic acids is 2. The van der Waals surface area contributed by atoms with Crippen LogP contribution in [0.25, 0.3) is 0 Å². The van der Waals surface area contributed by atoms with Crippen LogP contribution in [-0.2, 0) is 16.0 Å². The highest BCUT2D eigenvalue weighted by Crippen LogP contribution is 2.10. The van der Waals surface area contributed by atoms with Crippen molar-refractivity contribution in [3.63, 3.8) is 0 Å². The third-order valence-electron chi connectivity index (χ3n) is 4.12. The summed E-state index contributed by atoms with van der Waals surface area (Å²) < 4.78 is 5.29. The number of ether oxygens (including phenoxy) is 1. The van der Waals surface area contributed by atoms with Gasteiger partial charge in [0.15, 0.2) is 6.10 Å². The van der Waals surface area contributed by atoms with Gasteiger partial charge >= 0.3 is 5.97 Å². The first-order chi connectivity index (χ1) is 12.0. The molecule has 2 atom stereocenters. The summed E-state index contributed by atoms with van der Waals surface area (Å²) in [6.07, 6.45) is 0.889. The molecule has 4 nitrogen and oxygen atoms in total. The number of rotatable bonds is 7. The van der Waals surface area contributed by atoms with Crippen LogP contribution in [0.5, 0.6) is 0 Å². The molecular weight excluding hydrogens is 314 g/mol. The predicted octanol–water partition coefficient (Wildman–Crippen LogP) is 3.68. The summed E-state index contributed by atoms with van der Waals surface area (Å²) in [6, 6.07) is 17.3. The molecule has 0 aliphatic heterocycles. The largest absolute Gasteiger partial charge is 0.449 e. The fraction of sp³-hybridized carbons (Fsp3) is 0.333. The van der Waals surface area contributed by atoms with Gasteiger partial charge in [0.25, 0.3) is 5.91 Å². The Morgan fingerprint density at radius 3 is 2.32 bits per heavy atom. The number of aryl methyl sites for hydroxylation is 2. The van der Waals surface area contributed by atoms with Crippen molar-refractivity contribution in [2.75, 3.05) is 0 Å². The second kappa shape index (κ2) is 9.02. The molecule has 1 amide bonds. The minimum atomic E-state index is -0.828. The molecule has 0 bridgehead atoms. The molecule has 1 N–H and O–H groups in total. The fourth-order valence-corrected chi connectivity index (χ4v) is 2.54. The van der Waals surface area contributed by atoms with Crippen LogP contribution < -0.4 is 5.32 Å². The molecule has 0 saturated carbocycles. The SMILES string of the molecule is Cc1ccccc1C(=O)O[C@H](C)C(=O)N[C@@H](C)CCc1ccccc1. The van der Waals surface area contributed by atoms with E-state index in [0.717, 1.165) is 18.4 Å². The molecule has 2 aromatic rings. The summed E-state index contributed by atoms with van der Waals surface area (Å²) in [5, 5.41) is 2.91. The lowest BCUT2D eigenvalue weighted by molar-refractivity contribution is -0.129. The van der Waals surface area contributed by atoms with Crippen molar-refractivity contribution < 1.29 is 14.3 Å². The highest BCUT2D eigenvalue weighted by Gasteiger charge is 2.21. The molecule has 0 unspecified atom stereocenters. The average Bonchev–Trinajstić information content (AvgIpc) is 2.61. The van der Waals surface area contributed by atoms with Gasteiger partial charge in [-0.3, -0.25) is 4.79 Å². The molecule has 0 spiro atoms. The Morgan fingerprint density at radius 2 is 1.64 bits per heavy atom. The van der Waals surface area contributed by atoms with Gasteiger partial charge in [0.2, 0.25) is 0 Å². The summed E-state index contributed by atoms with van der Waals surface area (Å²) in [7, 11) is 0. The van der Waals surface area contributed by atoms with Gasteiger partial charge in [-0.1, -0.05) is 48.5 Å². The van der Waals surface area contributed by atoms with Gasteiger partial charge in [-0.25, -0.2) is 4.79 Å². The molecule has 132 valence electrons. The van der Waals surface area contributed by atoms with E-state index >= 15 is 0 Å². The molecular formula is C21H25NO3. The molecule has 2 aromatic carbocycles. The van der Waals surface area contributed by atoms with Crippen molar-refractivity contribution in [1.29, 1.82) is 0 Å². The van der Waals surface area contributed by atoms with E-state index in [1.165, 1.54) is 5.56 Å². The van der Waals surface area contributed by atoms with E-state index in [2.05, 4.69) is 17.4 Å². The van der Waals surface area contributed by atoms with E-state index in [9.17, 15) is 9.59 Å². The standard InChI is InChI=1S/C21H25NO3/c1-15-9-7-8-12-19(15)21(24)25-17(3)20(23)22-16(2)13-14-18-10-5-4-6-11-18/h4-12,16-17H,13-14H2,1-3H3,(H,22,23)/t16-,17+/m0/s1. The highest BCUT2D eigenvalue weighted by atomic mass is 16.5. The van der Waals surface area contributed by atoms with Crippen molar-refractivity contribution in [1.82, 2.24) is 5.32 Å². The Kier molecular flexibility index (Phi) is 6.75. The summed E-state index contributed by atoms with van der Waals surface area (Å²) in [6.45, 7) is 5.39.